The van der Waals surface area contributed by atoms with Gasteiger partial charge in [-0.3, -0.25) is 0 Å². The molecular formula is C23H30FN. The van der Waals surface area contributed by atoms with Crippen molar-refractivity contribution in [3.63, 3.8) is 0 Å². The maximum absolute atomic E-state index is 12.8. The third-order valence-electron chi connectivity index (χ3n) is 5.27. The molecule has 25 heavy (non-hydrogen) atoms. The summed E-state index contributed by atoms with van der Waals surface area (Å²) in [5, 5.41) is 8.40. The Balaban J connectivity index is 1.77. The second-order valence-corrected chi connectivity index (χ2v) is 7.18. The molecule has 2 rings (SSSR count). The van der Waals surface area contributed by atoms with Crippen LogP contribution in [0.1, 0.15) is 75.3 Å². The largest absolute Gasteiger partial charge is 0.199 e. The Bertz CT molecular complexity index is 598. The Kier molecular flexibility index (Phi) is 8.46. The summed E-state index contributed by atoms with van der Waals surface area (Å²) < 4.78 is 12.8. The number of hydrogen-bond acceptors (Lipinski definition) is 1. The van der Waals surface area contributed by atoms with Gasteiger partial charge in [-0.1, -0.05) is 62.6 Å². The van der Waals surface area contributed by atoms with E-state index in [1.54, 1.807) is 6.08 Å². The number of aryl methyl sites for hydroxylation is 1. The van der Waals surface area contributed by atoms with E-state index >= 15 is 0 Å². The van der Waals surface area contributed by atoms with Crippen molar-refractivity contribution in [3.05, 3.63) is 59.4 Å². The van der Waals surface area contributed by atoms with Crippen LogP contribution in [0.2, 0.25) is 0 Å². The van der Waals surface area contributed by atoms with Crippen molar-refractivity contribution in [2.75, 3.05) is 0 Å². The van der Waals surface area contributed by atoms with Crippen LogP contribution in [0.25, 0.3) is 0 Å². The van der Waals surface area contributed by atoms with Gasteiger partial charge in [-0.05, 0) is 67.6 Å². The number of benzene rings is 1. The first-order valence-corrected chi connectivity index (χ1v) is 9.75. The maximum Gasteiger partial charge on any atom is 0.199 e. The summed E-state index contributed by atoms with van der Waals surface area (Å²) >= 11 is 0. The second kappa shape index (κ2) is 10.9. The van der Waals surface area contributed by atoms with E-state index < -0.39 is 5.83 Å². The first-order chi connectivity index (χ1) is 12.2. The zero-order valence-corrected chi connectivity index (χ0v) is 15.4. The summed E-state index contributed by atoms with van der Waals surface area (Å²) in [6.45, 7) is 2.25. The molecule has 2 heteroatoms. The molecule has 0 bridgehead atoms. The van der Waals surface area contributed by atoms with Crippen LogP contribution in [0.5, 0.6) is 0 Å². The highest BCUT2D eigenvalue weighted by molar-refractivity contribution is 5.26. The fraction of sp³-hybridized carbons (Fsp3) is 0.522. The Labute approximate surface area is 152 Å². The zero-order valence-electron chi connectivity index (χ0n) is 15.4. The number of halogens is 1. The lowest BCUT2D eigenvalue weighted by Crippen LogP contribution is -2.11. The Morgan fingerprint density at radius 1 is 1.12 bits per heavy atom. The van der Waals surface area contributed by atoms with Crippen molar-refractivity contribution in [1.29, 1.82) is 5.26 Å². The van der Waals surface area contributed by atoms with E-state index in [9.17, 15) is 4.39 Å². The van der Waals surface area contributed by atoms with Gasteiger partial charge in [0.15, 0.2) is 5.83 Å². The maximum atomic E-state index is 12.8. The first-order valence-electron chi connectivity index (χ1n) is 9.75. The van der Waals surface area contributed by atoms with Crippen molar-refractivity contribution in [2.45, 2.75) is 70.6 Å². The average molecular weight is 339 g/mol. The van der Waals surface area contributed by atoms with E-state index in [1.165, 1.54) is 68.2 Å². The number of rotatable bonds is 8. The Morgan fingerprint density at radius 2 is 1.84 bits per heavy atom. The van der Waals surface area contributed by atoms with E-state index in [2.05, 4.69) is 31.2 Å². The topological polar surface area (TPSA) is 23.8 Å². The number of allylic oxidation sites excluding steroid dienone is 4. The van der Waals surface area contributed by atoms with E-state index in [-0.39, 0.29) is 0 Å². The molecular weight excluding hydrogens is 309 g/mol. The predicted molar refractivity (Wildman–Crippen MR) is 103 cm³/mol. The van der Waals surface area contributed by atoms with E-state index in [0.717, 1.165) is 12.8 Å². The number of nitrogens with zero attached hydrogens (tertiary/aromatic N) is 1. The molecule has 0 unspecified atom stereocenters. The van der Waals surface area contributed by atoms with Gasteiger partial charge in [0.1, 0.15) is 6.07 Å². The van der Waals surface area contributed by atoms with Gasteiger partial charge in [-0.15, -0.1) is 0 Å². The molecule has 1 fully saturated rings. The van der Waals surface area contributed by atoms with Gasteiger partial charge in [-0.2, -0.15) is 9.65 Å². The lowest BCUT2D eigenvalue weighted by atomic mass is 9.78. The monoisotopic (exact) mass is 339 g/mol. The Hall–Kier alpha value is -1.88. The van der Waals surface area contributed by atoms with Crippen LogP contribution < -0.4 is 0 Å². The quantitative estimate of drug-likeness (QED) is 0.284. The van der Waals surface area contributed by atoms with E-state index in [1.807, 2.05) is 6.08 Å². The summed E-state index contributed by atoms with van der Waals surface area (Å²) in [5.41, 5.74) is 2.93. The van der Waals surface area contributed by atoms with Crippen molar-refractivity contribution < 1.29 is 4.39 Å². The van der Waals surface area contributed by atoms with Crippen LogP contribution in [0.15, 0.2) is 48.3 Å². The van der Waals surface area contributed by atoms with Crippen LogP contribution in [0, 0.1) is 17.2 Å². The van der Waals surface area contributed by atoms with Gasteiger partial charge < -0.3 is 0 Å². The molecule has 0 heterocycles. The zero-order chi connectivity index (χ0) is 17.9. The minimum atomic E-state index is -0.722. The smallest absolute Gasteiger partial charge is 0.195 e. The van der Waals surface area contributed by atoms with Crippen LogP contribution >= 0.6 is 0 Å². The first kappa shape index (κ1) is 19.4. The van der Waals surface area contributed by atoms with Crippen LogP contribution in [0.3, 0.4) is 0 Å². The van der Waals surface area contributed by atoms with Gasteiger partial charge in [0.2, 0.25) is 0 Å². The van der Waals surface area contributed by atoms with E-state index in [0.29, 0.717) is 11.8 Å². The minimum absolute atomic E-state index is 0.511. The fourth-order valence-electron chi connectivity index (χ4n) is 3.69. The van der Waals surface area contributed by atoms with Crippen molar-refractivity contribution in [2.24, 2.45) is 5.92 Å². The molecule has 0 N–H and O–H groups in total. The summed E-state index contributed by atoms with van der Waals surface area (Å²) in [7, 11) is 0. The van der Waals surface area contributed by atoms with Gasteiger partial charge in [0, 0.05) is 0 Å². The van der Waals surface area contributed by atoms with Crippen molar-refractivity contribution in [3.8, 4) is 6.07 Å². The van der Waals surface area contributed by atoms with Gasteiger partial charge in [-0.25, -0.2) is 0 Å². The Morgan fingerprint density at radius 3 is 2.48 bits per heavy atom. The van der Waals surface area contributed by atoms with Gasteiger partial charge in [0.25, 0.3) is 0 Å². The molecule has 1 aliphatic rings. The number of hydrogen-bond donors (Lipinski definition) is 0. The second-order valence-electron chi connectivity index (χ2n) is 7.18. The standard InChI is InChI=1S/C23H30FN/c1-2-3-4-5-7-19-10-14-21(15-11-19)22-16-12-20(13-17-22)8-6-9-23(24)18-25/h6,8-11,14-15,20,22H,2-5,7,12-13,16-17H2,1H3. The molecule has 0 aromatic heterocycles. The van der Waals surface area contributed by atoms with Gasteiger partial charge >= 0.3 is 0 Å². The van der Waals surface area contributed by atoms with Crippen LogP contribution in [-0.4, -0.2) is 0 Å². The molecule has 0 spiro atoms. The van der Waals surface area contributed by atoms with Crippen LogP contribution in [0.4, 0.5) is 4.39 Å². The molecule has 1 aromatic rings. The third kappa shape index (κ3) is 6.86. The number of nitriles is 1. The van der Waals surface area contributed by atoms with E-state index in [4.69, 9.17) is 5.26 Å². The highest BCUT2D eigenvalue weighted by Gasteiger charge is 2.20. The van der Waals surface area contributed by atoms with Crippen LogP contribution in [-0.2, 0) is 6.42 Å². The third-order valence-corrected chi connectivity index (χ3v) is 5.27. The fourth-order valence-corrected chi connectivity index (χ4v) is 3.69. The molecule has 0 atom stereocenters. The molecule has 0 aliphatic heterocycles. The van der Waals surface area contributed by atoms with Crippen molar-refractivity contribution >= 4 is 0 Å². The summed E-state index contributed by atoms with van der Waals surface area (Å²) in [4.78, 5) is 0. The molecule has 0 saturated heterocycles. The minimum Gasteiger partial charge on any atom is -0.195 e. The summed E-state index contributed by atoms with van der Waals surface area (Å²) in [5.74, 6) is 0.446. The molecule has 1 saturated carbocycles. The lowest BCUT2D eigenvalue weighted by molar-refractivity contribution is 0.376. The SMILES string of the molecule is CCCCCCc1ccc(C2CCC(C=CC=C(F)C#N)CC2)cc1. The summed E-state index contributed by atoms with van der Waals surface area (Å²) in [6, 6.07) is 10.8. The summed E-state index contributed by atoms with van der Waals surface area (Å²) in [6.07, 6.45) is 16.1. The molecule has 134 valence electrons. The molecule has 0 radical (unpaired) electrons. The highest BCUT2D eigenvalue weighted by Crippen LogP contribution is 2.36. The predicted octanol–water partition coefficient (Wildman–Crippen LogP) is 7.02. The molecule has 1 nitrogen and oxygen atoms in total. The van der Waals surface area contributed by atoms with Gasteiger partial charge in [0.05, 0.1) is 0 Å². The molecule has 0 amide bonds. The average Bonchev–Trinajstić information content (AvgIpc) is 2.66. The lowest BCUT2D eigenvalue weighted by Gasteiger charge is -2.27. The molecule has 1 aromatic carbocycles. The number of unbranched alkanes of at least 4 members (excludes halogenated alkanes) is 3. The normalized spacial score (nSPS) is 21.4. The van der Waals surface area contributed by atoms with Crippen molar-refractivity contribution in [1.82, 2.24) is 0 Å². The molecule has 1 aliphatic carbocycles. The highest BCUT2D eigenvalue weighted by atomic mass is 19.1.